The quantitative estimate of drug-likeness (QED) is 0.583. The second-order valence-electron chi connectivity index (χ2n) is 6.47. The van der Waals surface area contributed by atoms with Gasteiger partial charge in [-0.25, -0.2) is 4.79 Å². The lowest BCUT2D eigenvalue weighted by Gasteiger charge is -2.31. The van der Waals surface area contributed by atoms with Gasteiger partial charge >= 0.3 is 5.63 Å². The van der Waals surface area contributed by atoms with Crippen molar-refractivity contribution in [1.29, 1.82) is 0 Å². The molecule has 1 aliphatic heterocycles. The molecule has 1 fully saturated rings. The molecule has 0 spiro atoms. The Morgan fingerprint density at radius 2 is 1.80 bits per heavy atom. The molecule has 2 heterocycles. The van der Waals surface area contributed by atoms with Crippen LogP contribution in [0.15, 0.2) is 45.6 Å². The fourth-order valence-corrected chi connectivity index (χ4v) is 3.13. The SMILES string of the molecule is CN1CCN(COc2ccc3c(c2)oc(=O)c2cc(O)ccc23)CC1. The zero-order valence-corrected chi connectivity index (χ0v) is 14.1. The first-order chi connectivity index (χ1) is 12.1. The second-order valence-corrected chi connectivity index (χ2v) is 6.47. The molecule has 6 heteroatoms. The molecule has 0 atom stereocenters. The van der Waals surface area contributed by atoms with Crippen molar-refractivity contribution in [2.75, 3.05) is 40.0 Å². The molecular weight excluding hydrogens is 320 g/mol. The normalized spacial score (nSPS) is 16.5. The van der Waals surface area contributed by atoms with Crippen LogP contribution in [0.5, 0.6) is 11.5 Å². The van der Waals surface area contributed by atoms with Gasteiger partial charge in [0.15, 0.2) is 0 Å². The summed E-state index contributed by atoms with van der Waals surface area (Å²) >= 11 is 0. The average Bonchev–Trinajstić information content (AvgIpc) is 2.61. The van der Waals surface area contributed by atoms with Crippen LogP contribution in [0.1, 0.15) is 0 Å². The number of nitrogens with zero attached hydrogens (tertiary/aromatic N) is 2. The average molecular weight is 340 g/mol. The maximum atomic E-state index is 12.2. The highest BCUT2D eigenvalue weighted by Crippen LogP contribution is 2.28. The molecule has 1 N–H and O–H groups in total. The van der Waals surface area contributed by atoms with Gasteiger partial charge in [0.1, 0.15) is 23.8 Å². The molecule has 1 aliphatic rings. The summed E-state index contributed by atoms with van der Waals surface area (Å²) in [6.45, 7) is 4.55. The van der Waals surface area contributed by atoms with Gasteiger partial charge in [0, 0.05) is 43.0 Å². The van der Waals surface area contributed by atoms with Crippen LogP contribution in [0.2, 0.25) is 0 Å². The highest BCUT2D eigenvalue weighted by molar-refractivity contribution is 6.04. The molecule has 3 aromatic rings. The van der Waals surface area contributed by atoms with Gasteiger partial charge in [-0.15, -0.1) is 0 Å². The molecule has 0 unspecified atom stereocenters. The monoisotopic (exact) mass is 340 g/mol. The van der Waals surface area contributed by atoms with Crippen molar-refractivity contribution < 1.29 is 14.3 Å². The maximum Gasteiger partial charge on any atom is 0.344 e. The van der Waals surface area contributed by atoms with Gasteiger partial charge < -0.3 is 19.2 Å². The van der Waals surface area contributed by atoms with Crippen LogP contribution >= 0.6 is 0 Å². The molecule has 0 radical (unpaired) electrons. The van der Waals surface area contributed by atoms with Crippen LogP contribution in [-0.2, 0) is 0 Å². The summed E-state index contributed by atoms with van der Waals surface area (Å²) in [6, 6.07) is 10.2. The van der Waals surface area contributed by atoms with Crippen molar-refractivity contribution in [3.63, 3.8) is 0 Å². The first-order valence-electron chi connectivity index (χ1n) is 8.33. The van der Waals surface area contributed by atoms with Crippen molar-refractivity contribution in [3.05, 3.63) is 46.8 Å². The molecular formula is C19H20N2O4. The van der Waals surface area contributed by atoms with E-state index >= 15 is 0 Å². The lowest BCUT2D eigenvalue weighted by Crippen LogP contribution is -2.45. The van der Waals surface area contributed by atoms with E-state index in [4.69, 9.17) is 9.15 Å². The molecule has 130 valence electrons. The standard InChI is InChI=1S/C19H20N2O4/c1-20-6-8-21(9-7-20)12-24-14-3-5-16-15-4-2-13(22)10-17(15)19(23)25-18(16)11-14/h2-5,10-11,22H,6-9,12H2,1H3. The van der Waals surface area contributed by atoms with E-state index in [1.165, 1.54) is 6.07 Å². The molecule has 1 saturated heterocycles. The van der Waals surface area contributed by atoms with Crippen molar-refractivity contribution >= 4 is 21.7 Å². The fraction of sp³-hybridized carbons (Fsp3) is 0.316. The van der Waals surface area contributed by atoms with Crippen molar-refractivity contribution in [3.8, 4) is 11.5 Å². The predicted octanol–water partition coefficient (Wildman–Crippen LogP) is 2.24. The number of aromatic hydroxyl groups is 1. The van der Waals surface area contributed by atoms with E-state index in [1.807, 2.05) is 12.1 Å². The smallest absolute Gasteiger partial charge is 0.344 e. The van der Waals surface area contributed by atoms with Gasteiger partial charge in [-0.1, -0.05) is 0 Å². The lowest BCUT2D eigenvalue weighted by atomic mass is 10.1. The topological polar surface area (TPSA) is 66.2 Å². The largest absolute Gasteiger partial charge is 0.508 e. The van der Waals surface area contributed by atoms with Gasteiger partial charge in [0.25, 0.3) is 0 Å². The Morgan fingerprint density at radius 1 is 1.04 bits per heavy atom. The van der Waals surface area contributed by atoms with Gasteiger partial charge in [-0.2, -0.15) is 0 Å². The highest BCUT2D eigenvalue weighted by atomic mass is 16.5. The van der Waals surface area contributed by atoms with E-state index in [0.717, 1.165) is 37.0 Å². The summed E-state index contributed by atoms with van der Waals surface area (Å²) in [6.07, 6.45) is 0. The van der Waals surface area contributed by atoms with Crippen LogP contribution in [0.3, 0.4) is 0 Å². The number of fused-ring (bicyclic) bond motifs is 3. The Hall–Kier alpha value is -2.57. The molecule has 0 amide bonds. The minimum absolute atomic E-state index is 0.0475. The minimum Gasteiger partial charge on any atom is -0.508 e. The summed E-state index contributed by atoms with van der Waals surface area (Å²) < 4.78 is 11.3. The molecule has 1 aromatic heterocycles. The predicted molar refractivity (Wildman–Crippen MR) is 96.2 cm³/mol. The van der Waals surface area contributed by atoms with Gasteiger partial charge in [0.2, 0.25) is 0 Å². The highest BCUT2D eigenvalue weighted by Gasteiger charge is 2.14. The van der Waals surface area contributed by atoms with E-state index in [9.17, 15) is 9.90 Å². The summed E-state index contributed by atoms with van der Waals surface area (Å²) in [5, 5.41) is 11.5. The van der Waals surface area contributed by atoms with Crippen molar-refractivity contribution in [1.82, 2.24) is 9.80 Å². The van der Waals surface area contributed by atoms with Crippen LogP contribution in [-0.4, -0.2) is 54.9 Å². The lowest BCUT2D eigenvalue weighted by molar-refractivity contribution is 0.0763. The first kappa shape index (κ1) is 15.9. The molecule has 0 saturated carbocycles. The molecule has 25 heavy (non-hydrogen) atoms. The molecule has 6 nitrogen and oxygen atoms in total. The molecule has 0 aliphatic carbocycles. The minimum atomic E-state index is -0.463. The zero-order chi connectivity index (χ0) is 17.4. The Morgan fingerprint density at radius 3 is 2.60 bits per heavy atom. The fourth-order valence-electron chi connectivity index (χ4n) is 3.13. The van der Waals surface area contributed by atoms with E-state index in [-0.39, 0.29) is 5.75 Å². The van der Waals surface area contributed by atoms with Gasteiger partial charge in [-0.05, 0) is 37.4 Å². The molecule has 4 rings (SSSR count). The van der Waals surface area contributed by atoms with Crippen LogP contribution < -0.4 is 10.4 Å². The summed E-state index contributed by atoms with van der Waals surface area (Å²) in [5.41, 5.74) is 0.0219. The van der Waals surface area contributed by atoms with Crippen LogP contribution in [0.4, 0.5) is 0 Å². The number of hydrogen-bond acceptors (Lipinski definition) is 6. The zero-order valence-electron chi connectivity index (χ0n) is 14.1. The Labute approximate surface area is 144 Å². The third-order valence-corrected chi connectivity index (χ3v) is 4.68. The van der Waals surface area contributed by atoms with E-state index in [2.05, 4.69) is 16.8 Å². The summed E-state index contributed by atoms with van der Waals surface area (Å²) in [4.78, 5) is 16.7. The third-order valence-electron chi connectivity index (χ3n) is 4.68. The second kappa shape index (κ2) is 6.38. The van der Waals surface area contributed by atoms with Crippen molar-refractivity contribution in [2.24, 2.45) is 0 Å². The number of piperazine rings is 1. The number of hydrogen-bond donors (Lipinski definition) is 1. The van der Waals surface area contributed by atoms with E-state index in [1.54, 1.807) is 18.2 Å². The number of phenols is 1. The van der Waals surface area contributed by atoms with Gasteiger partial charge in [0.05, 0.1) is 5.39 Å². The maximum absolute atomic E-state index is 12.2. The Kier molecular flexibility index (Phi) is 4.07. The number of benzene rings is 2. The Balaban J connectivity index is 1.61. The number of likely N-dealkylation sites (N-methyl/N-ethyl adjacent to an activating group) is 1. The van der Waals surface area contributed by atoms with Crippen LogP contribution in [0.25, 0.3) is 21.7 Å². The van der Waals surface area contributed by atoms with E-state index in [0.29, 0.717) is 23.4 Å². The number of ether oxygens (including phenoxy) is 1. The first-order valence-corrected chi connectivity index (χ1v) is 8.33. The molecule has 2 aromatic carbocycles. The van der Waals surface area contributed by atoms with Crippen LogP contribution in [0, 0.1) is 0 Å². The summed E-state index contributed by atoms with van der Waals surface area (Å²) in [5.74, 6) is 0.721. The molecule has 0 bridgehead atoms. The third kappa shape index (κ3) is 3.18. The number of phenolic OH excluding ortho intramolecular Hbond substituents is 1. The van der Waals surface area contributed by atoms with Crippen molar-refractivity contribution in [2.45, 2.75) is 0 Å². The van der Waals surface area contributed by atoms with E-state index < -0.39 is 5.63 Å². The number of rotatable bonds is 3. The van der Waals surface area contributed by atoms with Gasteiger partial charge in [-0.3, -0.25) is 4.90 Å². The summed E-state index contributed by atoms with van der Waals surface area (Å²) in [7, 11) is 2.12. The Bertz CT molecular complexity index is 974.